The number of carbonyl (C=O) groups excluding carboxylic acids is 1. The van der Waals surface area contributed by atoms with Gasteiger partial charge in [0.05, 0.1) is 6.04 Å². The summed E-state index contributed by atoms with van der Waals surface area (Å²) in [5.41, 5.74) is 8.20. The lowest BCUT2D eigenvalue weighted by Crippen LogP contribution is -2.44. The van der Waals surface area contributed by atoms with Crippen molar-refractivity contribution in [1.29, 1.82) is 0 Å². The first-order chi connectivity index (χ1) is 8.99. The molecule has 1 aromatic rings. The summed E-state index contributed by atoms with van der Waals surface area (Å²) in [5, 5.41) is 14.5. The van der Waals surface area contributed by atoms with Crippen molar-refractivity contribution in [2.24, 2.45) is 10.9 Å². The van der Waals surface area contributed by atoms with Crippen LogP contribution < -0.4 is 11.1 Å². The second kappa shape index (κ2) is 6.78. The van der Waals surface area contributed by atoms with Crippen LogP contribution in [0.1, 0.15) is 41.3 Å². The number of nitrogens with one attached hydrogen (secondary N) is 1. The Morgan fingerprint density at radius 3 is 2.68 bits per heavy atom. The summed E-state index contributed by atoms with van der Waals surface area (Å²) in [6, 6.07) is 5.19. The smallest absolute Gasteiger partial charge is 0.252 e. The first-order valence-corrected chi connectivity index (χ1v) is 6.35. The molecule has 0 heterocycles. The second-order valence-corrected chi connectivity index (χ2v) is 4.66. The van der Waals surface area contributed by atoms with E-state index in [1.54, 1.807) is 6.07 Å². The van der Waals surface area contributed by atoms with Crippen molar-refractivity contribution >= 4 is 11.7 Å². The standard InChI is InChI=1S/C14H21N3O2/c1-4-5-12(13(15)17-19)16-14(18)11-7-6-9(2)8-10(11)3/h6-8,12,19H,4-5H2,1-3H3,(H2,15,17)(H,16,18). The van der Waals surface area contributed by atoms with E-state index in [0.717, 1.165) is 17.5 Å². The van der Waals surface area contributed by atoms with Gasteiger partial charge in [-0.2, -0.15) is 0 Å². The molecular formula is C14H21N3O2. The number of aryl methyl sites for hydroxylation is 2. The van der Waals surface area contributed by atoms with Crippen molar-refractivity contribution in [1.82, 2.24) is 5.32 Å². The average Bonchev–Trinajstić information content (AvgIpc) is 2.37. The molecule has 1 unspecified atom stereocenters. The third kappa shape index (κ3) is 3.98. The van der Waals surface area contributed by atoms with Crippen LogP contribution in [0.15, 0.2) is 23.4 Å². The fraction of sp³-hybridized carbons (Fsp3) is 0.429. The van der Waals surface area contributed by atoms with Crippen LogP contribution >= 0.6 is 0 Å². The Bertz CT molecular complexity index is 484. The van der Waals surface area contributed by atoms with Gasteiger partial charge in [0.1, 0.15) is 0 Å². The minimum atomic E-state index is -0.441. The molecule has 0 fully saturated rings. The van der Waals surface area contributed by atoms with E-state index >= 15 is 0 Å². The zero-order valence-electron chi connectivity index (χ0n) is 11.6. The molecule has 0 radical (unpaired) electrons. The van der Waals surface area contributed by atoms with E-state index in [4.69, 9.17) is 10.9 Å². The van der Waals surface area contributed by atoms with Crippen LogP contribution in [-0.2, 0) is 0 Å². The maximum Gasteiger partial charge on any atom is 0.252 e. The van der Waals surface area contributed by atoms with Gasteiger partial charge >= 0.3 is 0 Å². The largest absolute Gasteiger partial charge is 0.409 e. The van der Waals surface area contributed by atoms with Gasteiger partial charge in [-0.05, 0) is 31.9 Å². The number of nitrogens with zero attached hydrogens (tertiary/aromatic N) is 1. The summed E-state index contributed by atoms with van der Waals surface area (Å²) in [6.45, 7) is 5.84. The molecule has 0 spiro atoms. The predicted molar refractivity (Wildman–Crippen MR) is 75.5 cm³/mol. The van der Waals surface area contributed by atoms with E-state index < -0.39 is 6.04 Å². The van der Waals surface area contributed by atoms with Crippen molar-refractivity contribution in [3.8, 4) is 0 Å². The van der Waals surface area contributed by atoms with Gasteiger partial charge in [-0.15, -0.1) is 0 Å². The average molecular weight is 263 g/mol. The number of oxime groups is 1. The maximum absolute atomic E-state index is 12.2. The first-order valence-electron chi connectivity index (χ1n) is 6.35. The van der Waals surface area contributed by atoms with Crippen LogP contribution in [0.2, 0.25) is 0 Å². The normalized spacial score (nSPS) is 13.1. The summed E-state index contributed by atoms with van der Waals surface area (Å²) in [5.74, 6) is -0.178. The lowest BCUT2D eigenvalue weighted by molar-refractivity contribution is 0.0944. The molecule has 0 aliphatic carbocycles. The Morgan fingerprint density at radius 2 is 2.16 bits per heavy atom. The molecule has 1 rings (SSSR count). The molecule has 1 aromatic carbocycles. The highest BCUT2D eigenvalue weighted by Crippen LogP contribution is 2.11. The zero-order chi connectivity index (χ0) is 14.4. The summed E-state index contributed by atoms with van der Waals surface area (Å²) in [4.78, 5) is 12.2. The van der Waals surface area contributed by atoms with Crippen molar-refractivity contribution < 1.29 is 10.0 Å². The first kappa shape index (κ1) is 15.0. The van der Waals surface area contributed by atoms with Gasteiger partial charge in [-0.1, -0.05) is 36.2 Å². The van der Waals surface area contributed by atoms with Crippen LogP contribution in [0.5, 0.6) is 0 Å². The Morgan fingerprint density at radius 1 is 1.47 bits per heavy atom. The number of amidine groups is 1. The number of rotatable bonds is 5. The lowest BCUT2D eigenvalue weighted by atomic mass is 10.0. The maximum atomic E-state index is 12.2. The molecule has 5 heteroatoms. The molecule has 1 amide bonds. The molecule has 0 aromatic heterocycles. The molecule has 0 aliphatic heterocycles. The van der Waals surface area contributed by atoms with Gasteiger partial charge in [0.15, 0.2) is 5.84 Å². The molecule has 0 aliphatic rings. The second-order valence-electron chi connectivity index (χ2n) is 4.66. The minimum absolute atomic E-state index is 0.0277. The lowest BCUT2D eigenvalue weighted by Gasteiger charge is -2.17. The van der Waals surface area contributed by atoms with E-state index in [-0.39, 0.29) is 11.7 Å². The van der Waals surface area contributed by atoms with E-state index in [0.29, 0.717) is 12.0 Å². The van der Waals surface area contributed by atoms with Gasteiger partial charge in [-0.3, -0.25) is 4.79 Å². The predicted octanol–water partition coefficient (Wildman–Crippen LogP) is 1.95. The van der Waals surface area contributed by atoms with Crippen LogP contribution in [0.25, 0.3) is 0 Å². The van der Waals surface area contributed by atoms with Gasteiger partial charge in [-0.25, -0.2) is 0 Å². The van der Waals surface area contributed by atoms with Gasteiger partial charge in [0.25, 0.3) is 5.91 Å². The van der Waals surface area contributed by atoms with E-state index in [9.17, 15) is 4.79 Å². The molecule has 19 heavy (non-hydrogen) atoms. The Labute approximate surface area is 113 Å². The summed E-state index contributed by atoms with van der Waals surface area (Å²) < 4.78 is 0. The fourth-order valence-electron chi connectivity index (χ4n) is 1.96. The van der Waals surface area contributed by atoms with Gasteiger partial charge in [0, 0.05) is 5.56 Å². The van der Waals surface area contributed by atoms with E-state index in [2.05, 4.69) is 10.5 Å². The highest BCUT2D eigenvalue weighted by atomic mass is 16.4. The van der Waals surface area contributed by atoms with Crippen molar-refractivity contribution in [2.45, 2.75) is 39.7 Å². The molecule has 0 saturated heterocycles. The quantitative estimate of drug-likeness (QED) is 0.328. The van der Waals surface area contributed by atoms with Crippen LogP contribution in [0.4, 0.5) is 0 Å². The summed E-state index contributed by atoms with van der Waals surface area (Å²) >= 11 is 0. The SMILES string of the molecule is CCCC(NC(=O)c1ccc(C)cc1C)/C(N)=N/O. The molecule has 1 atom stereocenters. The van der Waals surface area contributed by atoms with Gasteiger partial charge < -0.3 is 16.3 Å². The zero-order valence-corrected chi connectivity index (χ0v) is 11.6. The molecule has 0 bridgehead atoms. The number of benzene rings is 1. The molecule has 5 nitrogen and oxygen atoms in total. The Balaban J connectivity index is 2.87. The summed E-state index contributed by atoms with van der Waals surface area (Å²) in [6.07, 6.45) is 1.46. The minimum Gasteiger partial charge on any atom is -0.409 e. The van der Waals surface area contributed by atoms with E-state index in [1.165, 1.54) is 0 Å². The molecule has 0 saturated carbocycles. The highest BCUT2D eigenvalue weighted by molar-refractivity contribution is 5.99. The highest BCUT2D eigenvalue weighted by Gasteiger charge is 2.18. The van der Waals surface area contributed by atoms with Crippen LogP contribution in [0, 0.1) is 13.8 Å². The van der Waals surface area contributed by atoms with Crippen molar-refractivity contribution in [3.63, 3.8) is 0 Å². The monoisotopic (exact) mass is 263 g/mol. The molecule has 4 N–H and O–H groups in total. The van der Waals surface area contributed by atoms with Crippen molar-refractivity contribution in [3.05, 3.63) is 34.9 Å². The number of hydrogen-bond acceptors (Lipinski definition) is 3. The van der Waals surface area contributed by atoms with Crippen molar-refractivity contribution in [2.75, 3.05) is 0 Å². The van der Waals surface area contributed by atoms with Crippen LogP contribution in [0.3, 0.4) is 0 Å². The molecule has 104 valence electrons. The number of amides is 1. The Kier molecular flexibility index (Phi) is 5.36. The van der Waals surface area contributed by atoms with Gasteiger partial charge in [0.2, 0.25) is 0 Å². The third-order valence-electron chi connectivity index (χ3n) is 2.98. The van der Waals surface area contributed by atoms with Crippen LogP contribution in [-0.4, -0.2) is 23.0 Å². The molecular weight excluding hydrogens is 242 g/mol. The number of carbonyl (C=O) groups is 1. The summed E-state index contributed by atoms with van der Waals surface area (Å²) in [7, 11) is 0. The Hall–Kier alpha value is -2.04. The fourth-order valence-corrected chi connectivity index (χ4v) is 1.96. The number of hydrogen-bond donors (Lipinski definition) is 3. The topological polar surface area (TPSA) is 87.7 Å². The van der Waals surface area contributed by atoms with E-state index in [1.807, 2.05) is 32.9 Å². The third-order valence-corrected chi connectivity index (χ3v) is 2.98. The number of nitrogens with two attached hydrogens (primary N) is 1.